The number of halogens is 3. The molecule has 0 bridgehead atoms. The second kappa shape index (κ2) is 7.73. The lowest BCUT2D eigenvalue weighted by Gasteiger charge is -2.16. The van der Waals surface area contributed by atoms with Crippen LogP contribution in [-0.4, -0.2) is 36.7 Å². The van der Waals surface area contributed by atoms with E-state index in [2.05, 4.69) is 24.7 Å². The summed E-state index contributed by atoms with van der Waals surface area (Å²) >= 11 is 4.89. The van der Waals surface area contributed by atoms with Gasteiger partial charge >= 0.3 is 11.3 Å². The Bertz CT molecular complexity index is 1140. The van der Waals surface area contributed by atoms with Crippen LogP contribution in [0, 0.1) is 11.8 Å². The summed E-state index contributed by atoms with van der Waals surface area (Å²) in [5.74, 6) is -1.60. The van der Waals surface area contributed by atoms with Crippen LogP contribution in [0.4, 0.5) is 14.7 Å². The summed E-state index contributed by atoms with van der Waals surface area (Å²) in [4.78, 5) is 34.2. The van der Waals surface area contributed by atoms with Gasteiger partial charge in [-0.25, -0.2) is 9.58 Å². The SMILES string of the molecule is O=C(C1CC1)N(C(=O)C1CC1)c1ncn(Cc2ccc(-c3noc(C(F)(F)Cl)n3)cc2)n1. The van der Waals surface area contributed by atoms with Crippen molar-refractivity contribution >= 4 is 29.4 Å². The second-order valence-corrected chi connectivity index (χ2v) is 8.40. The van der Waals surface area contributed by atoms with Crippen LogP contribution >= 0.6 is 11.6 Å². The molecule has 9 nitrogen and oxygen atoms in total. The normalized spacial score (nSPS) is 16.2. The molecule has 2 heterocycles. The van der Waals surface area contributed by atoms with Gasteiger partial charge in [-0.15, -0.1) is 5.10 Å². The predicted molar refractivity (Wildman–Crippen MR) is 107 cm³/mol. The third-order valence-electron chi connectivity index (χ3n) is 5.24. The van der Waals surface area contributed by atoms with E-state index in [1.165, 1.54) is 11.0 Å². The number of aromatic nitrogens is 5. The van der Waals surface area contributed by atoms with Gasteiger partial charge in [0.05, 0.1) is 6.54 Å². The number of imide groups is 1. The van der Waals surface area contributed by atoms with E-state index in [-0.39, 0.29) is 35.4 Å². The average Bonchev–Trinajstić information content (AvgIpc) is 3.68. The summed E-state index contributed by atoms with van der Waals surface area (Å²) in [5, 5.41) is 4.11. The van der Waals surface area contributed by atoms with Crippen molar-refractivity contribution in [3.63, 3.8) is 0 Å². The molecule has 0 radical (unpaired) electrons. The third-order valence-corrected chi connectivity index (χ3v) is 5.41. The van der Waals surface area contributed by atoms with Gasteiger partial charge in [0.25, 0.3) is 5.95 Å². The zero-order valence-electron chi connectivity index (χ0n) is 16.6. The molecule has 166 valence electrons. The number of carbonyl (C=O) groups is 2. The lowest BCUT2D eigenvalue weighted by molar-refractivity contribution is -0.128. The maximum Gasteiger partial charge on any atom is 0.400 e. The number of hydrogen-bond donors (Lipinski definition) is 0. The smallest absolute Gasteiger partial charge is 0.331 e. The van der Waals surface area contributed by atoms with Crippen LogP contribution in [0.3, 0.4) is 0 Å². The van der Waals surface area contributed by atoms with Crippen LogP contribution in [-0.2, 0) is 21.5 Å². The van der Waals surface area contributed by atoms with Crippen molar-refractivity contribution in [1.29, 1.82) is 0 Å². The fourth-order valence-electron chi connectivity index (χ4n) is 3.20. The Morgan fingerprint density at radius 2 is 1.75 bits per heavy atom. The van der Waals surface area contributed by atoms with Crippen LogP contribution in [0.15, 0.2) is 35.1 Å². The first-order valence-electron chi connectivity index (χ1n) is 10.1. The summed E-state index contributed by atoms with van der Waals surface area (Å²) in [5.41, 5.74) is 1.30. The number of benzene rings is 1. The van der Waals surface area contributed by atoms with Crippen LogP contribution < -0.4 is 4.90 Å². The number of anilines is 1. The molecule has 0 spiro atoms. The van der Waals surface area contributed by atoms with E-state index in [9.17, 15) is 18.4 Å². The Balaban J connectivity index is 1.30. The fourth-order valence-corrected chi connectivity index (χ4v) is 3.27. The van der Waals surface area contributed by atoms with E-state index in [1.807, 2.05) is 0 Å². The fraction of sp³-hybridized carbons (Fsp3) is 0.400. The first kappa shape index (κ1) is 20.7. The number of hydrogen-bond acceptors (Lipinski definition) is 7. The van der Waals surface area contributed by atoms with Crippen molar-refractivity contribution in [2.45, 2.75) is 37.6 Å². The molecular weight excluding hydrogens is 446 g/mol. The van der Waals surface area contributed by atoms with Crippen molar-refractivity contribution in [2.24, 2.45) is 11.8 Å². The molecule has 12 heteroatoms. The molecule has 2 aromatic heterocycles. The van der Waals surface area contributed by atoms with Crippen molar-refractivity contribution in [3.05, 3.63) is 42.0 Å². The number of nitrogens with zero attached hydrogens (tertiary/aromatic N) is 6. The Kier molecular flexibility index (Phi) is 5.00. The molecule has 0 N–H and O–H groups in total. The lowest BCUT2D eigenvalue weighted by Crippen LogP contribution is -2.40. The molecule has 0 aliphatic heterocycles. The molecule has 32 heavy (non-hydrogen) atoms. The van der Waals surface area contributed by atoms with Gasteiger partial charge in [-0.2, -0.15) is 18.7 Å². The van der Waals surface area contributed by atoms with Crippen LogP contribution in [0.5, 0.6) is 0 Å². The van der Waals surface area contributed by atoms with Gasteiger partial charge in [-0.05, 0) is 42.8 Å². The number of rotatable bonds is 7. The molecule has 2 aliphatic rings. The summed E-state index contributed by atoms with van der Waals surface area (Å²) in [6, 6.07) is 6.78. The van der Waals surface area contributed by atoms with Crippen LogP contribution in [0.2, 0.25) is 0 Å². The van der Waals surface area contributed by atoms with Gasteiger partial charge in [-0.1, -0.05) is 29.4 Å². The quantitative estimate of drug-likeness (QED) is 0.391. The van der Waals surface area contributed by atoms with Crippen molar-refractivity contribution in [3.8, 4) is 11.4 Å². The largest absolute Gasteiger partial charge is 0.400 e. The van der Waals surface area contributed by atoms with Gasteiger partial charge in [0, 0.05) is 17.4 Å². The summed E-state index contributed by atoms with van der Waals surface area (Å²) in [6.07, 6.45) is 4.59. The molecule has 2 aliphatic carbocycles. The monoisotopic (exact) mass is 462 g/mol. The first-order chi connectivity index (χ1) is 15.3. The highest BCUT2D eigenvalue weighted by atomic mass is 35.5. The number of alkyl halides is 3. The molecule has 5 rings (SSSR count). The van der Waals surface area contributed by atoms with Crippen molar-refractivity contribution in [2.75, 3.05) is 4.90 Å². The highest BCUT2D eigenvalue weighted by Gasteiger charge is 2.43. The van der Waals surface area contributed by atoms with Gasteiger partial charge in [0.2, 0.25) is 17.6 Å². The van der Waals surface area contributed by atoms with Gasteiger partial charge in [-0.3, -0.25) is 9.59 Å². The number of carbonyl (C=O) groups excluding carboxylic acids is 2. The molecule has 0 unspecified atom stereocenters. The van der Waals surface area contributed by atoms with Crippen molar-refractivity contribution < 1.29 is 22.9 Å². The van der Waals surface area contributed by atoms with Crippen LogP contribution in [0.25, 0.3) is 11.4 Å². The summed E-state index contributed by atoms with van der Waals surface area (Å²) in [6.45, 7) is 0.327. The van der Waals surface area contributed by atoms with Gasteiger partial charge in [0.15, 0.2) is 0 Å². The van der Waals surface area contributed by atoms with E-state index in [0.717, 1.165) is 36.1 Å². The molecule has 0 atom stereocenters. The average molecular weight is 463 g/mol. The maximum absolute atomic E-state index is 13.1. The molecule has 2 saturated carbocycles. The molecule has 2 amide bonds. The number of amides is 2. The Morgan fingerprint density at radius 1 is 1.12 bits per heavy atom. The molecule has 1 aromatic carbocycles. The van der Waals surface area contributed by atoms with E-state index in [4.69, 9.17) is 11.6 Å². The van der Waals surface area contributed by atoms with E-state index < -0.39 is 11.3 Å². The zero-order chi connectivity index (χ0) is 22.5. The second-order valence-electron chi connectivity index (χ2n) is 7.92. The third kappa shape index (κ3) is 4.24. The molecule has 2 fully saturated rings. The van der Waals surface area contributed by atoms with Gasteiger partial charge in [0.1, 0.15) is 6.33 Å². The Labute approximate surface area is 185 Å². The molecule has 0 saturated heterocycles. The topological polar surface area (TPSA) is 107 Å². The van der Waals surface area contributed by atoms with E-state index in [0.29, 0.717) is 12.1 Å². The minimum absolute atomic E-state index is 0.0114. The lowest BCUT2D eigenvalue weighted by atomic mass is 10.1. The standard InChI is InChI=1S/C20H17ClF2N6O3/c21-20(22,23)18-25-15(27-32-18)12-3-1-11(2-4-12)9-28-10-24-19(26-28)29(16(30)13-5-6-13)17(31)14-7-8-14/h1-4,10,13-14H,5-9H2. The van der Waals surface area contributed by atoms with E-state index in [1.54, 1.807) is 24.3 Å². The minimum atomic E-state index is -3.73. The molecule has 3 aromatic rings. The van der Waals surface area contributed by atoms with Gasteiger partial charge < -0.3 is 4.52 Å². The zero-order valence-corrected chi connectivity index (χ0v) is 17.4. The summed E-state index contributed by atoms with van der Waals surface area (Å²) < 4.78 is 32.1. The molecular formula is C20H17ClF2N6O3. The van der Waals surface area contributed by atoms with Crippen molar-refractivity contribution in [1.82, 2.24) is 24.9 Å². The maximum atomic E-state index is 13.1. The van der Waals surface area contributed by atoms with Crippen LogP contribution in [0.1, 0.15) is 37.1 Å². The summed E-state index contributed by atoms with van der Waals surface area (Å²) in [7, 11) is 0. The minimum Gasteiger partial charge on any atom is -0.331 e. The highest BCUT2D eigenvalue weighted by molar-refractivity contribution is 6.21. The predicted octanol–water partition coefficient (Wildman–Crippen LogP) is 3.34. The Morgan fingerprint density at radius 3 is 2.28 bits per heavy atom. The first-order valence-corrected chi connectivity index (χ1v) is 10.4. The van der Waals surface area contributed by atoms with E-state index >= 15 is 0 Å². The Hall–Kier alpha value is -3.21. The highest BCUT2D eigenvalue weighted by Crippen LogP contribution is 2.36.